The van der Waals surface area contributed by atoms with Gasteiger partial charge < -0.3 is 5.32 Å². The summed E-state index contributed by atoms with van der Waals surface area (Å²) in [7, 11) is 0. The number of hydrogen-bond donors (Lipinski definition) is 3. The number of hydrazine groups is 1. The highest BCUT2D eigenvalue weighted by Gasteiger charge is 2.51. The molecule has 6 rings (SSSR count). The van der Waals surface area contributed by atoms with Crippen LogP contribution in [0.4, 0.5) is 17.3 Å². The summed E-state index contributed by atoms with van der Waals surface area (Å²) in [5.41, 5.74) is 4.69. The minimum absolute atomic E-state index is 0.101. The standard InChI is InChI=1S/C21H22Cl2N6O3/c22-14-1-2-15(16(23)6-14)20(30)28-27-19-17(29(31)32)18(24-10-25-19)26-21-7-11-3-12(8-21)5-13(4-11)9-21/h1-2,6,10-13H,3-5,7-9H2,(H,28,30)(H2,24,25,26,27). The maximum atomic E-state index is 12.5. The summed E-state index contributed by atoms with van der Waals surface area (Å²) >= 11 is 11.9. The number of amides is 1. The second kappa shape index (κ2) is 8.04. The lowest BCUT2D eigenvalue weighted by atomic mass is 9.53. The molecule has 1 amide bonds. The molecular weight excluding hydrogens is 455 g/mol. The van der Waals surface area contributed by atoms with Gasteiger partial charge in [-0.05, 0) is 74.5 Å². The number of carbonyl (C=O) groups excluding carboxylic acids is 1. The number of hydrogen-bond acceptors (Lipinski definition) is 7. The van der Waals surface area contributed by atoms with E-state index in [0.717, 1.165) is 19.3 Å². The molecule has 4 fully saturated rings. The van der Waals surface area contributed by atoms with E-state index in [4.69, 9.17) is 23.2 Å². The maximum absolute atomic E-state index is 12.5. The van der Waals surface area contributed by atoms with Crippen molar-refractivity contribution in [1.82, 2.24) is 15.4 Å². The minimum Gasteiger partial charge on any atom is -0.359 e. The summed E-state index contributed by atoms with van der Waals surface area (Å²) in [6, 6.07) is 4.44. The predicted molar refractivity (Wildman–Crippen MR) is 121 cm³/mol. The Morgan fingerprint density at radius 2 is 1.69 bits per heavy atom. The van der Waals surface area contributed by atoms with E-state index in [1.807, 2.05) is 0 Å². The summed E-state index contributed by atoms with van der Waals surface area (Å²) in [4.78, 5) is 32.1. The van der Waals surface area contributed by atoms with Gasteiger partial charge in [-0.1, -0.05) is 23.2 Å². The molecule has 0 radical (unpaired) electrons. The molecule has 4 aliphatic carbocycles. The lowest BCUT2D eigenvalue weighted by Gasteiger charge is -2.57. The van der Waals surface area contributed by atoms with Crippen LogP contribution >= 0.6 is 23.2 Å². The topological polar surface area (TPSA) is 122 Å². The Bertz CT molecular complexity index is 1060. The Morgan fingerprint density at radius 1 is 1.06 bits per heavy atom. The summed E-state index contributed by atoms with van der Waals surface area (Å²) in [5.74, 6) is 1.53. The number of halogens is 2. The Hall–Kier alpha value is -2.65. The lowest BCUT2D eigenvalue weighted by Crippen LogP contribution is -2.55. The average molecular weight is 477 g/mol. The molecule has 1 aromatic heterocycles. The monoisotopic (exact) mass is 476 g/mol. The van der Waals surface area contributed by atoms with Gasteiger partial charge in [-0.2, -0.15) is 0 Å². The Kier molecular flexibility index (Phi) is 5.33. The third-order valence-electron chi connectivity index (χ3n) is 6.90. The number of aromatic nitrogens is 2. The normalized spacial score (nSPS) is 27.8. The highest BCUT2D eigenvalue weighted by molar-refractivity contribution is 6.36. The number of anilines is 2. The molecule has 1 aromatic carbocycles. The molecule has 3 N–H and O–H groups in total. The molecule has 1 heterocycles. The minimum atomic E-state index is -0.574. The summed E-state index contributed by atoms with van der Waals surface area (Å²) in [6.07, 6.45) is 8.06. The van der Waals surface area contributed by atoms with Crippen LogP contribution in [-0.2, 0) is 0 Å². The van der Waals surface area contributed by atoms with E-state index in [0.29, 0.717) is 22.8 Å². The number of rotatable bonds is 6. The van der Waals surface area contributed by atoms with Crippen LogP contribution in [0.1, 0.15) is 48.9 Å². The quantitative estimate of drug-likeness (QED) is 0.402. The van der Waals surface area contributed by atoms with Gasteiger partial charge in [-0.25, -0.2) is 9.97 Å². The summed E-state index contributed by atoms with van der Waals surface area (Å²) in [5, 5.41) is 15.9. The number of nitrogens with one attached hydrogen (secondary N) is 3. The van der Waals surface area contributed by atoms with Crippen molar-refractivity contribution in [2.45, 2.75) is 44.1 Å². The molecule has 2 aromatic rings. The van der Waals surface area contributed by atoms with Crippen molar-refractivity contribution in [3.05, 3.63) is 50.2 Å². The summed E-state index contributed by atoms with van der Waals surface area (Å²) in [6.45, 7) is 0. The zero-order valence-corrected chi connectivity index (χ0v) is 18.6. The van der Waals surface area contributed by atoms with Gasteiger partial charge in [0.2, 0.25) is 11.6 Å². The van der Waals surface area contributed by atoms with Gasteiger partial charge in [0.1, 0.15) is 6.33 Å². The fraction of sp³-hybridized carbons (Fsp3) is 0.476. The zero-order valence-electron chi connectivity index (χ0n) is 17.1. The maximum Gasteiger partial charge on any atom is 0.354 e. The van der Waals surface area contributed by atoms with E-state index in [2.05, 4.69) is 26.1 Å². The van der Waals surface area contributed by atoms with Crippen LogP contribution in [0.25, 0.3) is 0 Å². The van der Waals surface area contributed by atoms with Gasteiger partial charge in [0.15, 0.2) is 0 Å². The fourth-order valence-corrected chi connectivity index (χ4v) is 6.60. The van der Waals surface area contributed by atoms with E-state index in [-0.39, 0.29) is 33.4 Å². The molecule has 11 heteroatoms. The van der Waals surface area contributed by atoms with Gasteiger partial charge in [0.25, 0.3) is 5.91 Å². The molecule has 9 nitrogen and oxygen atoms in total. The van der Waals surface area contributed by atoms with E-state index in [1.165, 1.54) is 43.8 Å². The van der Waals surface area contributed by atoms with Gasteiger partial charge in [-0.15, -0.1) is 0 Å². The molecule has 4 bridgehead atoms. The highest BCUT2D eigenvalue weighted by Crippen LogP contribution is 2.57. The van der Waals surface area contributed by atoms with Crippen LogP contribution in [0.15, 0.2) is 24.5 Å². The van der Waals surface area contributed by atoms with Crippen molar-refractivity contribution in [3.8, 4) is 0 Å². The molecule has 168 valence electrons. The summed E-state index contributed by atoms with van der Waals surface area (Å²) < 4.78 is 0. The van der Waals surface area contributed by atoms with Crippen molar-refractivity contribution < 1.29 is 9.72 Å². The van der Waals surface area contributed by atoms with Crippen LogP contribution in [0, 0.1) is 27.9 Å². The molecular formula is C21H22Cl2N6O3. The molecule has 4 saturated carbocycles. The van der Waals surface area contributed by atoms with Crippen LogP contribution in [0.2, 0.25) is 10.0 Å². The second-order valence-corrected chi connectivity index (χ2v) is 10.0. The number of carbonyl (C=O) groups is 1. The molecule has 0 aliphatic heterocycles. The Labute approximate surface area is 194 Å². The Morgan fingerprint density at radius 3 is 2.28 bits per heavy atom. The van der Waals surface area contributed by atoms with E-state index >= 15 is 0 Å². The number of benzene rings is 1. The van der Waals surface area contributed by atoms with E-state index in [1.54, 1.807) is 0 Å². The molecule has 0 atom stereocenters. The van der Waals surface area contributed by atoms with Crippen molar-refractivity contribution >= 4 is 46.4 Å². The first-order valence-electron chi connectivity index (χ1n) is 10.6. The fourth-order valence-electron chi connectivity index (χ4n) is 6.11. The van der Waals surface area contributed by atoms with Crippen molar-refractivity contribution in [2.75, 3.05) is 10.7 Å². The van der Waals surface area contributed by atoms with Crippen LogP contribution in [0.5, 0.6) is 0 Å². The average Bonchev–Trinajstić information content (AvgIpc) is 2.70. The van der Waals surface area contributed by atoms with Gasteiger partial charge in [-0.3, -0.25) is 25.8 Å². The molecule has 0 spiro atoms. The third-order valence-corrected chi connectivity index (χ3v) is 7.44. The Balaban J connectivity index is 1.37. The largest absolute Gasteiger partial charge is 0.359 e. The van der Waals surface area contributed by atoms with Gasteiger partial charge in [0.05, 0.1) is 15.5 Å². The number of nitro groups is 1. The van der Waals surface area contributed by atoms with Crippen LogP contribution < -0.4 is 16.2 Å². The second-order valence-electron chi connectivity index (χ2n) is 9.20. The van der Waals surface area contributed by atoms with Crippen molar-refractivity contribution in [1.29, 1.82) is 0 Å². The first-order chi connectivity index (χ1) is 15.3. The smallest absolute Gasteiger partial charge is 0.354 e. The van der Waals surface area contributed by atoms with E-state index < -0.39 is 10.8 Å². The van der Waals surface area contributed by atoms with Crippen LogP contribution in [0.3, 0.4) is 0 Å². The van der Waals surface area contributed by atoms with Gasteiger partial charge in [0, 0.05) is 10.6 Å². The molecule has 32 heavy (non-hydrogen) atoms. The van der Waals surface area contributed by atoms with Gasteiger partial charge >= 0.3 is 5.69 Å². The first-order valence-corrected chi connectivity index (χ1v) is 11.4. The van der Waals surface area contributed by atoms with Crippen molar-refractivity contribution in [3.63, 3.8) is 0 Å². The van der Waals surface area contributed by atoms with Crippen molar-refractivity contribution in [2.24, 2.45) is 17.8 Å². The lowest BCUT2D eigenvalue weighted by molar-refractivity contribution is -0.383. The highest BCUT2D eigenvalue weighted by atomic mass is 35.5. The molecule has 4 aliphatic rings. The predicted octanol–water partition coefficient (Wildman–Crippen LogP) is 4.83. The number of nitrogens with zero attached hydrogens (tertiary/aromatic N) is 3. The third kappa shape index (κ3) is 3.95. The SMILES string of the molecule is O=C(NNc1ncnc(NC23CC4CC(CC(C4)C2)C3)c1[N+](=O)[O-])c1ccc(Cl)cc1Cl. The van der Waals surface area contributed by atoms with Crippen LogP contribution in [-0.4, -0.2) is 26.3 Å². The zero-order chi connectivity index (χ0) is 22.5. The molecule has 0 unspecified atom stereocenters. The molecule has 0 saturated heterocycles. The first kappa shape index (κ1) is 21.2. The van der Waals surface area contributed by atoms with E-state index in [9.17, 15) is 14.9 Å².